The summed E-state index contributed by atoms with van der Waals surface area (Å²) in [5.41, 5.74) is 3.50. The van der Waals surface area contributed by atoms with Crippen LogP contribution in [0.3, 0.4) is 0 Å². The van der Waals surface area contributed by atoms with E-state index >= 15 is 0 Å². The highest BCUT2D eigenvalue weighted by atomic mass is 32.2. The van der Waals surface area contributed by atoms with Gasteiger partial charge in [0.25, 0.3) is 0 Å². The van der Waals surface area contributed by atoms with E-state index in [1.807, 2.05) is 26.0 Å². The maximum absolute atomic E-state index is 12.3. The standard InChI is InChI=1S/C18H22N2O4S/c1-12-5-6-15(9-13(12)2)20-18(21)11-19-25(22,23)16-7-8-17(24-4)14(3)10-16/h5-10,19H,11H2,1-4H3,(H,20,21). The van der Waals surface area contributed by atoms with E-state index in [-0.39, 0.29) is 11.4 Å². The minimum atomic E-state index is -3.78. The molecule has 1 amide bonds. The van der Waals surface area contributed by atoms with E-state index in [0.717, 1.165) is 11.1 Å². The first kappa shape index (κ1) is 19.0. The van der Waals surface area contributed by atoms with E-state index in [2.05, 4.69) is 10.0 Å². The zero-order valence-corrected chi connectivity index (χ0v) is 15.5. The van der Waals surface area contributed by atoms with Crippen molar-refractivity contribution in [1.82, 2.24) is 4.72 Å². The molecule has 0 saturated carbocycles. The van der Waals surface area contributed by atoms with Gasteiger partial charge in [0, 0.05) is 5.69 Å². The van der Waals surface area contributed by atoms with E-state index in [0.29, 0.717) is 17.0 Å². The summed E-state index contributed by atoms with van der Waals surface area (Å²) in [6, 6.07) is 10.0. The molecule has 0 saturated heterocycles. The summed E-state index contributed by atoms with van der Waals surface area (Å²) in [4.78, 5) is 12.1. The molecule has 0 aliphatic rings. The first-order chi connectivity index (χ1) is 11.7. The van der Waals surface area contributed by atoms with Gasteiger partial charge < -0.3 is 10.1 Å². The second-order valence-electron chi connectivity index (χ2n) is 5.80. The number of hydrogen-bond acceptors (Lipinski definition) is 4. The monoisotopic (exact) mass is 362 g/mol. The van der Waals surface area contributed by atoms with Crippen LogP contribution in [-0.2, 0) is 14.8 Å². The van der Waals surface area contributed by atoms with Crippen molar-refractivity contribution in [3.63, 3.8) is 0 Å². The molecule has 0 aliphatic carbocycles. The summed E-state index contributed by atoms with van der Waals surface area (Å²) < 4.78 is 32.0. The lowest BCUT2D eigenvalue weighted by atomic mass is 10.1. The molecule has 0 atom stereocenters. The third kappa shape index (κ3) is 4.80. The fourth-order valence-electron chi connectivity index (χ4n) is 2.29. The second kappa shape index (κ2) is 7.67. The average molecular weight is 362 g/mol. The Morgan fingerprint density at radius 1 is 1.00 bits per heavy atom. The topological polar surface area (TPSA) is 84.5 Å². The summed E-state index contributed by atoms with van der Waals surface area (Å²) in [5.74, 6) is 0.170. The quantitative estimate of drug-likeness (QED) is 0.827. The molecule has 6 nitrogen and oxygen atoms in total. The van der Waals surface area contributed by atoms with E-state index in [1.54, 1.807) is 19.1 Å². The van der Waals surface area contributed by atoms with Gasteiger partial charge in [-0.2, -0.15) is 0 Å². The van der Waals surface area contributed by atoms with Gasteiger partial charge in [-0.1, -0.05) is 6.07 Å². The molecule has 7 heteroatoms. The predicted molar refractivity (Wildman–Crippen MR) is 97.5 cm³/mol. The van der Waals surface area contributed by atoms with Crippen molar-refractivity contribution in [3.05, 3.63) is 53.1 Å². The molecule has 25 heavy (non-hydrogen) atoms. The Hall–Kier alpha value is -2.38. The first-order valence-electron chi connectivity index (χ1n) is 7.74. The lowest BCUT2D eigenvalue weighted by Gasteiger charge is -2.11. The van der Waals surface area contributed by atoms with Crippen molar-refractivity contribution in [1.29, 1.82) is 0 Å². The minimum absolute atomic E-state index is 0.0878. The summed E-state index contributed by atoms with van der Waals surface area (Å²) in [6.45, 7) is 5.33. The Balaban J connectivity index is 2.02. The van der Waals surface area contributed by atoms with E-state index in [9.17, 15) is 13.2 Å². The molecule has 0 unspecified atom stereocenters. The van der Waals surface area contributed by atoms with E-state index in [1.165, 1.54) is 19.2 Å². The number of methoxy groups -OCH3 is 1. The van der Waals surface area contributed by atoms with Crippen molar-refractivity contribution in [2.24, 2.45) is 0 Å². The van der Waals surface area contributed by atoms with E-state index in [4.69, 9.17) is 4.74 Å². The zero-order chi connectivity index (χ0) is 18.6. The summed E-state index contributed by atoms with van der Waals surface area (Å²) >= 11 is 0. The number of benzene rings is 2. The molecule has 0 aromatic heterocycles. The lowest BCUT2D eigenvalue weighted by Crippen LogP contribution is -2.33. The van der Waals surface area contributed by atoms with Crippen molar-refractivity contribution < 1.29 is 17.9 Å². The largest absolute Gasteiger partial charge is 0.496 e. The molecule has 0 spiro atoms. The van der Waals surface area contributed by atoms with Gasteiger partial charge in [0.05, 0.1) is 18.6 Å². The molecular weight excluding hydrogens is 340 g/mol. The van der Waals surface area contributed by atoms with Gasteiger partial charge in [0.15, 0.2) is 0 Å². The van der Waals surface area contributed by atoms with E-state index < -0.39 is 15.9 Å². The molecule has 2 N–H and O–H groups in total. The van der Waals surface area contributed by atoms with Crippen molar-refractivity contribution in [3.8, 4) is 5.75 Å². The van der Waals surface area contributed by atoms with Gasteiger partial charge in [-0.25, -0.2) is 13.1 Å². The SMILES string of the molecule is COc1ccc(S(=O)(=O)NCC(=O)Nc2ccc(C)c(C)c2)cc1C. The molecular formula is C18H22N2O4S. The summed E-state index contributed by atoms with van der Waals surface area (Å²) in [5, 5.41) is 2.68. The number of carbonyl (C=O) groups is 1. The first-order valence-corrected chi connectivity index (χ1v) is 9.22. The molecule has 0 radical (unpaired) electrons. The van der Waals surface area contributed by atoms with Gasteiger partial charge >= 0.3 is 0 Å². The van der Waals surface area contributed by atoms with Crippen LogP contribution < -0.4 is 14.8 Å². The number of sulfonamides is 1. The summed E-state index contributed by atoms with van der Waals surface area (Å²) in [6.07, 6.45) is 0. The highest BCUT2D eigenvalue weighted by Gasteiger charge is 2.17. The maximum atomic E-state index is 12.3. The van der Waals surface area contributed by atoms with Crippen LogP contribution in [0.5, 0.6) is 5.75 Å². The fourth-order valence-corrected chi connectivity index (χ4v) is 3.35. The molecule has 2 rings (SSSR count). The van der Waals surface area contributed by atoms with Crippen LogP contribution in [0.4, 0.5) is 5.69 Å². The van der Waals surface area contributed by atoms with Gasteiger partial charge in [-0.05, 0) is 67.8 Å². The van der Waals surface area contributed by atoms with Crippen LogP contribution in [-0.4, -0.2) is 28.0 Å². The molecule has 2 aromatic carbocycles. The molecule has 0 aliphatic heterocycles. The van der Waals surface area contributed by atoms with Crippen LogP contribution in [0.25, 0.3) is 0 Å². The predicted octanol–water partition coefficient (Wildman–Crippen LogP) is 2.54. The number of aryl methyl sites for hydroxylation is 3. The Kier molecular flexibility index (Phi) is 5.81. The second-order valence-corrected chi connectivity index (χ2v) is 7.57. The maximum Gasteiger partial charge on any atom is 0.241 e. The third-order valence-corrected chi connectivity index (χ3v) is 5.29. The van der Waals surface area contributed by atoms with Gasteiger partial charge in [0.1, 0.15) is 5.75 Å². The normalized spacial score (nSPS) is 11.2. The molecule has 0 bridgehead atoms. The Morgan fingerprint density at radius 3 is 2.32 bits per heavy atom. The van der Waals surface area contributed by atoms with Gasteiger partial charge in [-0.15, -0.1) is 0 Å². The number of anilines is 1. The number of ether oxygens (including phenoxy) is 1. The average Bonchev–Trinajstić information content (AvgIpc) is 2.56. The van der Waals surface area contributed by atoms with Crippen molar-refractivity contribution >= 4 is 21.6 Å². The number of nitrogens with one attached hydrogen (secondary N) is 2. The molecule has 0 fully saturated rings. The molecule has 0 heterocycles. The third-order valence-electron chi connectivity index (χ3n) is 3.89. The highest BCUT2D eigenvalue weighted by molar-refractivity contribution is 7.89. The highest BCUT2D eigenvalue weighted by Crippen LogP contribution is 2.21. The number of hydrogen-bond donors (Lipinski definition) is 2. The number of amides is 1. The van der Waals surface area contributed by atoms with Crippen LogP contribution in [0.1, 0.15) is 16.7 Å². The lowest BCUT2D eigenvalue weighted by molar-refractivity contribution is -0.115. The minimum Gasteiger partial charge on any atom is -0.496 e. The van der Waals surface area contributed by atoms with Crippen LogP contribution in [0.15, 0.2) is 41.3 Å². The van der Waals surface area contributed by atoms with Crippen molar-refractivity contribution in [2.75, 3.05) is 19.0 Å². The van der Waals surface area contributed by atoms with Crippen LogP contribution >= 0.6 is 0 Å². The Labute approximate surface area is 148 Å². The Bertz CT molecular complexity index is 892. The van der Waals surface area contributed by atoms with Crippen LogP contribution in [0, 0.1) is 20.8 Å². The smallest absolute Gasteiger partial charge is 0.241 e. The Morgan fingerprint density at radius 2 is 1.72 bits per heavy atom. The fraction of sp³-hybridized carbons (Fsp3) is 0.278. The number of carbonyl (C=O) groups excluding carboxylic acids is 1. The van der Waals surface area contributed by atoms with Crippen LogP contribution in [0.2, 0.25) is 0 Å². The van der Waals surface area contributed by atoms with Gasteiger partial charge in [-0.3, -0.25) is 4.79 Å². The summed E-state index contributed by atoms with van der Waals surface area (Å²) in [7, 11) is -2.26. The molecule has 134 valence electrons. The zero-order valence-electron chi connectivity index (χ0n) is 14.7. The van der Waals surface area contributed by atoms with Crippen molar-refractivity contribution in [2.45, 2.75) is 25.7 Å². The van der Waals surface area contributed by atoms with Gasteiger partial charge in [0.2, 0.25) is 15.9 Å². The number of rotatable bonds is 6. The molecule has 2 aromatic rings.